The minimum atomic E-state index is -2.97. The molecule has 1 atom stereocenters. The molecule has 0 saturated carbocycles. The number of nitrogens with zero attached hydrogens (tertiary/aromatic N) is 3. The number of rotatable bonds is 4. The first kappa shape index (κ1) is 15.6. The number of anilines is 1. The number of aliphatic hydroxyl groups excluding tert-OH is 1. The zero-order chi connectivity index (χ0) is 15.6. The number of allylic oxidation sites excluding steroid dienone is 1. The van der Waals surface area contributed by atoms with Crippen molar-refractivity contribution in [3.8, 4) is 0 Å². The number of hydrogen-bond acceptors (Lipinski definition) is 4. The second-order valence-corrected chi connectivity index (χ2v) is 5.06. The Morgan fingerprint density at radius 2 is 2.33 bits per heavy atom. The number of halogens is 4. The molecular weight excluding hydrogens is 307 g/mol. The summed E-state index contributed by atoms with van der Waals surface area (Å²) in [5, 5.41) is 9.10. The van der Waals surface area contributed by atoms with Crippen LogP contribution in [0.3, 0.4) is 0 Å². The van der Waals surface area contributed by atoms with E-state index in [-0.39, 0.29) is 23.3 Å². The molecule has 1 aliphatic heterocycles. The van der Waals surface area contributed by atoms with E-state index in [0.29, 0.717) is 0 Å². The molecule has 0 spiro atoms. The zero-order valence-corrected chi connectivity index (χ0v) is 11.7. The molecular formula is C13H13ClF3N3O. The molecule has 0 amide bonds. The molecule has 0 bridgehead atoms. The Hall–Kier alpha value is -1.76. The molecule has 2 rings (SSSR count). The monoisotopic (exact) mass is 319 g/mol. The van der Waals surface area contributed by atoms with Crippen molar-refractivity contribution in [2.45, 2.75) is 24.8 Å². The Kier molecular flexibility index (Phi) is 4.41. The third-order valence-corrected chi connectivity index (χ3v) is 3.34. The summed E-state index contributed by atoms with van der Waals surface area (Å²) in [6, 6.07) is -0.706. The third kappa shape index (κ3) is 3.66. The summed E-state index contributed by atoms with van der Waals surface area (Å²) in [4.78, 5) is 8.29. The Labute approximate surface area is 124 Å². The fraction of sp³-hybridized carbons (Fsp3) is 0.385. The van der Waals surface area contributed by atoms with Gasteiger partial charge in [-0.25, -0.2) is 18.2 Å². The van der Waals surface area contributed by atoms with Crippen LogP contribution in [0.1, 0.15) is 12.8 Å². The fourth-order valence-corrected chi connectivity index (χ4v) is 2.36. The highest BCUT2D eigenvalue weighted by Gasteiger charge is 2.45. The summed E-state index contributed by atoms with van der Waals surface area (Å²) >= 11 is 5.60. The number of alkyl halides is 2. The van der Waals surface area contributed by atoms with Gasteiger partial charge in [0.25, 0.3) is 5.92 Å². The highest BCUT2D eigenvalue weighted by atomic mass is 35.5. The topological polar surface area (TPSA) is 49.2 Å². The molecule has 1 aromatic heterocycles. The van der Waals surface area contributed by atoms with Gasteiger partial charge in [-0.1, -0.05) is 6.58 Å². The van der Waals surface area contributed by atoms with Crippen LogP contribution in [0.4, 0.5) is 19.0 Å². The van der Waals surface area contributed by atoms with Gasteiger partial charge in [-0.2, -0.15) is 4.98 Å². The lowest BCUT2D eigenvalue weighted by Crippen LogP contribution is -2.32. The fourth-order valence-electron chi connectivity index (χ4n) is 2.24. The molecule has 0 aromatic carbocycles. The Bertz CT molecular complexity index is 580. The van der Waals surface area contributed by atoms with Gasteiger partial charge < -0.3 is 10.0 Å². The molecule has 1 N–H and O–H groups in total. The lowest BCUT2D eigenvalue weighted by molar-refractivity contribution is 0.0224. The van der Waals surface area contributed by atoms with Crippen LogP contribution in [0.2, 0.25) is 5.28 Å². The Balaban J connectivity index is 2.30. The molecule has 1 saturated heterocycles. The molecule has 1 aromatic rings. The smallest absolute Gasteiger partial charge is 0.267 e. The lowest BCUT2D eigenvalue weighted by atomic mass is 10.1. The molecule has 1 unspecified atom stereocenters. The maximum atomic E-state index is 13.8. The molecule has 114 valence electrons. The van der Waals surface area contributed by atoms with E-state index in [1.54, 1.807) is 0 Å². The molecule has 4 nitrogen and oxygen atoms in total. The maximum absolute atomic E-state index is 13.8. The largest absolute Gasteiger partial charge is 0.508 e. The van der Waals surface area contributed by atoms with Gasteiger partial charge in [0, 0.05) is 12.5 Å². The quantitative estimate of drug-likeness (QED) is 0.524. The molecule has 21 heavy (non-hydrogen) atoms. The molecule has 1 aliphatic rings. The Morgan fingerprint density at radius 1 is 1.62 bits per heavy atom. The van der Waals surface area contributed by atoms with Gasteiger partial charge in [-0.05, 0) is 30.2 Å². The van der Waals surface area contributed by atoms with E-state index in [4.69, 9.17) is 11.6 Å². The van der Waals surface area contributed by atoms with E-state index in [9.17, 15) is 18.3 Å². The maximum Gasteiger partial charge on any atom is 0.267 e. The highest BCUT2D eigenvalue weighted by Crippen LogP contribution is 2.37. The van der Waals surface area contributed by atoms with Crippen molar-refractivity contribution in [1.29, 1.82) is 0 Å². The minimum absolute atomic E-state index is 0.106. The van der Waals surface area contributed by atoms with Crippen molar-refractivity contribution in [1.82, 2.24) is 9.97 Å². The molecule has 2 heterocycles. The summed E-state index contributed by atoms with van der Waals surface area (Å²) in [5.74, 6) is -4.17. The first-order chi connectivity index (χ1) is 9.82. The zero-order valence-electron chi connectivity index (χ0n) is 10.9. The van der Waals surface area contributed by atoms with Gasteiger partial charge in [0.05, 0.1) is 12.7 Å². The van der Waals surface area contributed by atoms with E-state index in [2.05, 4.69) is 16.5 Å². The highest BCUT2D eigenvalue weighted by molar-refractivity contribution is 6.28. The van der Waals surface area contributed by atoms with Gasteiger partial charge in [0.15, 0.2) is 11.6 Å². The number of aromatic nitrogens is 2. The van der Waals surface area contributed by atoms with Crippen molar-refractivity contribution in [2.75, 3.05) is 11.4 Å². The van der Waals surface area contributed by atoms with Gasteiger partial charge in [-0.3, -0.25) is 0 Å². The van der Waals surface area contributed by atoms with Crippen molar-refractivity contribution in [3.63, 3.8) is 0 Å². The van der Waals surface area contributed by atoms with Crippen LogP contribution in [-0.4, -0.2) is 33.6 Å². The molecule has 0 aliphatic carbocycles. The van der Waals surface area contributed by atoms with Crippen molar-refractivity contribution >= 4 is 17.4 Å². The standard InChI is InChI=1S/C13H13ClF3N3O/c1-2-9(21)4-3-8-5-13(16,17)7-20(8)11-10(15)6-18-12(14)19-11/h2,4,6,8,21H,1,3,5,7H2/b9-4+. The van der Waals surface area contributed by atoms with Crippen LogP contribution in [0.25, 0.3) is 0 Å². The van der Waals surface area contributed by atoms with Crippen molar-refractivity contribution < 1.29 is 18.3 Å². The van der Waals surface area contributed by atoms with Gasteiger partial charge in [0.2, 0.25) is 5.28 Å². The van der Waals surface area contributed by atoms with Crippen LogP contribution >= 0.6 is 11.6 Å². The Morgan fingerprint density at radius 3 is 3.00 bits per heavy atom. The van der Waals surface area contributed by atoms with E-state index >= 15 is 0 Å². The predicted molar refractivity (Wildman–Crippen MR) is 73.2 cm³/mol. The molecule has 0 radical (unpaired) electrons. The summed E-state index contributed by atoms with van der Waals surface area (Å²) in [5.41, 5.74) is 0. The van der Waals surface area contributed by atoms with E-state index in [1.165, 1.54) is 12.2 Å². The minimum Gasteiger partial charge on any atom is -0.508 e. The second-order valence-electron chi connectivity index (χ2n) is 4.72. The summed E-state index contributed by atoms with van der Waals surface area (Å²) in [6.07, 6.45) is 3.03. The van der Waals surface area contributed by atoms with Gasteiger partial charge in [-0.15, -0.1) is 0 Å². The number of aliphatic hydroxyl groups is 1. The van der Waals surface area contributed by atoms with Crippen LogP contribution in [0.15, 0.2) is 30.7 Å². The average molecular weight is 320 g/mol. The average Bonchev–Trinajstić information content (AvgIpc) is 2.73. The molecule has 1 fully saturated rings. The van der Waals surface area contributed by atoms with Crippen molar-refractivity contribution in [3.05, 3.63) is 41.8 Å². The molecule has 8 heteroatoms. The predicted octanol–water partition coefficient (Wildman–Crippen LogP) is 3.50. The van der Waals surface area contributed by atoms with Gasteiger partial charge >= 0.3 is 0 Å². The lowest BCUT2D eigenvalue weighted by Gasteiger charge is -2.24. The normalized spacial score (nSPS) is 21.6. The van der Waals surface area contributed by atoms with E-state index < -0.39 is 30.7 Å². The van der Waals surface area contributed by atoms with E-state index in [1.807, 2.05) is 0 Å². The SMILES string of the molecule is C=C/C(O)=C\CC1CC(F)(F)CN1c1nc(Cl)ncc1F. The number of hydrogen-bond donors (Lipinski definition) is 1. The van der Waals surface area contributed by atoms with E-state index in [0.717, 1.165) is 11.1 Å². The first-order valence-corrected chi connectivity index (χ1v) is 6.54. The third-order valence-electron chi connectivity index (χ3n) is 3.15. The summed E-state index contributed by atoms with van der Waals surface area (Å²) in [6.45, 7) is 2.70. The van der Waals surface area contributed by atoms with Gasteiger partial charge in [0.1, 0.15) is 5.76 Å². The first-order valence-electron chi connectivity index (χ1n) is 6.16. The van der Waals surface area contributed by atoms with Crippen LogP contribution < -0.4 is 4.90 Å². The van der Waals surface area contributed by atoms with Crippen LogP contribution in [0.5, 0.6) is 0 Å². The summed E-state index contributed by atoms with van der Waals surface area (Å²) in [7, 11) is 0. The van der Waals surface area contributed by atoms with Crippen LogP contribution in [-0.2, 0) is 0 Å². The van der Waals surface area contributed by atoms with Crippen LogP contribution in [0, 0.1) is 5.82 Å². The van der Waals surface area contributed by atoms with Crippen molar-refractivity contribution in [2.24, 2.45) is 0 Å². The summed E-state index contributed by atoms with van der Waals surface area (Å²) < 4.78 is 41.0. The second kappa shape index (κ2) is 5.93.